The average Bonchev–Trinajstić information content (AvgIpc) is 3.47. The lowest BCUT2D eigenvalue weighted by atomic mass is 10.0. The minimum atomic E-state index is -0.342. The van der Waals surface area contributed by atoms with Crippen LogP contribution in [0.3, 0.4) is 0 Å². The van der Waals surface area contributed by atoms with E-state index in [0.717, 1.165) is 24.8 Å². The molecule has 0 aliphatic carbocycles. The van der Waals surface area contributed by atoms with Gasteiger partial charge in [-0.05, 0) is 56.0 Å². The van der Waals surface area contributed by atoms with Crippen LogP contribution in [-0.4, -0.2) is 32.5 Å². The number of carbonyl (C=O) groups is 1. The first kappa shape index (κ1) is 26.8. The second-order valence-electron chi connectivity index (χ2n) is 9.03. The number of ether oxygens (including phenoxy) is 2. The number of anilines is 1. The maximum Gasteiger partial charge on any atom is 0.270 e. The molecule has 3 heterocycles. The van der Waals surface area contributed by atoms with E-state index < -0.39 is 0 Å². The fourth-order valence-corrected chi connectivity index (χ4v) is 5.74. The summed E-state index contributed by atoms with van der Waals surface area (Å²) in [5.41, 5.74) is 1.84. The molecule has 0 bridgehead atoms. The van der Waals surface area contributed by atoms with Crippen LogP contribution < -0.4 is 20.3 Å². The molecule has 2 aliphatic rings. The number of benzene rings is 1. The van der Waals surface area contributed by atoms with Crippen molar-refractivity contribution in [1.29, 1.82) is 5.26 Å². The van der Waals surface area contributed by atoms with Gasteiger partial charge in [0.15, 0.2) is 11.5 Å². The van der Waals surface area contributed by atoms with Gasteiger partial charge in [0, 0.05) is 24.7 Å². The number of hydrogen-bond acceptors (Lipinski definition) is 8. The van der Waals surface area contributed by atoms with E-state index in [9.17, 15) is 14.9 Å². The molecule has 1 N–H and O–H groups in total. The molecule has 2 aliphatic heterocycles. The molecule has 0 radical (unpaired) electrons. The predicted octanol–water partition coefficient (Wildman–Crippen LogP) is 5.17. The Morgan fingerprint density at radius 3 is 2.73 bits per heavy atom. The van der Waals surface area contributed by atoms with E-state index in [4.69, 9.17) is 21.7 Å². The van der Waals surface area contributed by atoms with Gasteiger partial charge < -0.3 is 14.8 Å². The Hall–Kier alpha value is -3.29. The number of aromatic nitrogens is 1. The van der Waals surface area contributed by atoms with E-state index in [-0.39, 0.29) is 29.9 Å². The van der Waals surface area contributed by atoms with Crippen LogP contribution in [0, 0.1) is 18.3 Å². The van der Waals surface area contributed by atoms with E-state index >= 15 is 0 Å². The second kappa shape index (κ2) is 11.4. The van der Waals surface area contributed by atoms with Crippen molar-refractivity contribution in [3.63, 3.8) is 0 Å². The quantitative estimate of drug-likeness (QED) is 0.345. The molecule has 10 heteroatoms. The third kappa shape index (κ3) is 5.24. The maximum absolute atomic E-state index is 13.3. The van der Waals surface area contributed by atoms with Gasteiger partial charge in [-0.2, -0.15) is 5.26 Å². The van der Waals surface area contributed by atoms with E-state index in [0.29, 0.717) is 50.8 Å². The van der Waals surface area contributed by atoms with Gasteiger partial charge in [0.25, 0.3) is 11.5 Å². The highest BCUT2D eigenvalue weighted by Gasteiger charge is 2.35. The van der Waals surface area contributed by atoms with E-state index in [1.54, 1.807) is 22.5 Å². The molecule has 8 nitrogen and oxygen atoms in total. The smallest absolute Gasteiger partial charge is 0.270 e. The van der Waals surface area contributed by atoms with Gasteiger partial charge in [-0.3, -0.25) is 19.1 Å². The second-order valence-corrected chi connectivity index (χ2v) is 10.7. The Bertz CT molecular complexity index is 1380. The molecular formula is C27H30N4O4S2. The van der Waals surface area contributed by atoms with Crippen molar-refractivity contribution >= 4 is 46.1 Å². The van der Waals surface area contributed by atoms with Gasteiger partial charge in [-0.25, -0.2) is 0 Å². The van der Waals surface area contributed by atoms with Crippen LogP contribution in [0.5, 0.6) is 11.5 Å². The standard InChI is InChI=1S/C27H30N4O4S2/c1-5-7-10-30-24(29-14-18-8-9-21-22(11-18)35-15-34-21)19(17(4)20(13-28)25(30)32)12-23-26(33)31(16(3)6-2)27(36)37-23/h8-9,11-12,16,29H,5-7,10,14-15H2,1-4H3/b23-12+. The van der Waals surface area contributed by atoms with Crippen LogP contribution in [-0.2, 0) is 17.9 Å². The van der Waals surface area contributed by atoms with Crippen molar-refractivity contribution in [3.05, 3.63) is 55.7 Å². The molecule has 0 saturated carbocycles. The lowest BCUT2D eigenvalue weighted by molar-refractivity contribution is -0.123. The molecule has 1 atom stereocenters. The van der Waals surface area contributed by atoms with Gasteiger partial charge in [0.2, 0.25) is 6.79 Å². The van der Waals surface area contributed by atoms with Crippen LogP contribution in [0.15, 0.2) is 27.9 Å². The van der Waals surface area contributed by atoms with Crippen molar-refractivity contribution in [1.82, 2.24) is 9.47 Å². The normalized spacial score (nSPS) is 16.4. The molecule has 1 fully saturated rings. The van der Waals surface area contributed by atoms with Crippen molar-refractivity contribution in [2.24, 2.45) is 0 Å². The summed E-state index contributed by atoms with van der Waals surface area (Å²) in [6.45, 7) is 8.82. The molecule has 1 aromatic heterocycles. The highest BCUT2D eigenvalue weighted by Crippen LogP contribution is 2.37. The fraction of sp³-hybridized carbons (Fsp3) is 0.407. The van der Waals surface area contributed by atoms with Crippen LogP contribution in [0.4, 0.5) is 5.82 Å². The van der Waals surface area contributed by atoms with E-state index in [1.165, 1.54) is 11.8 Å². The Labute approximate surface area is 226 Å². The van der Waals surface area contributed by atoms with Crippen LogP contribution >= 0.6 is 24.0 Å². The number of carbonyl (C=O) groups excluding carboxylic acids is 1. The third-order valence-electron chi connectivity index (χ3n) is 6.64. The van der Waals surface area contributed by atoms with Crippen molar-refractivity contribution < 1.29 is 14.3 Å². The summed E-state index contributed by atoms with van der Waals surface area (Å²) >= 11 is 6.76. The number of pyridine rings is 1. The first-order valence-corrected chi connectivity index (χ1v) is 13.6. The number of rotatable bonds is 9. The summed E-state index contributed by atoms with van der Waals surface area (Å²) in [6.07, 6.45) is 4.19. The predicted molar refractivity (Wildman–Crippen MR) is 150 cm³/mol. The van der Waals surface area contributed by atoms with Crippen LogP contribution in [0.25, 0.3) is 6.08 Å². The number of thioether (sulfide) groups is 1. The summed E-state index contributed by atoms with van der Waals surface area (Å²) in [5, 5.41) is 13.3. The summed E-state index contributed by atoms with van der Waals surface area (Å²) in [7, 11) is 0. The number of fused-ring (bicyclic) bond motifs is 1. The third-order valence-corrected chi connectivity index (χ3v) is 7.97. The Morgan fingerprint density at radius 1 is 1.27 bits per heavy atom. The highest BCUT2D eigenvalue weighted by atomic mass is 32.2. The maximum atomic E-state index is 13.3. The average molecular weight is 539 g/mol. The van der Waals surface area contributed by atoms with Crippen LogP contribution in [0.2, 0.25) is 0 Å². The van der Waals surface area contributed by atoms with Gasteiger partial charge >= 0.3 is 0 Å². The minimum absolute atomic E-state index is 0.0173. The lowest BCUT2D eigenvalue weighted by Gasteiger charge is -2.22. The summed E-state index contributed by atoms with van der Waals surface area (Å²) in [6, 6.07) is 7.75. The number of nitrogens with one attached hydrogen (secondary N) is 1. The molecule has 2 aromatic rings. The molecule has 4 rings (SSSR count). The van der Waals surface area contributed by atoms with Crippen molar-refractivity contribution in [2.75, 3.05) is 12.1 Å². The number of amides is 1. The molecule has 1 saturated heterocycles. The van der Waals surface area contributed by atoms with E-state index in [1.807, 2.05) is 39.0 Å². The molecule has 1 unspecified atom stereocenters. The Balaban J connectivity index is 1.81. The summed E-state index contributed by atoms with van der Waals surface area (Å²) < 4.78 is 13.0. The molecule has 37 heavy (non-hydrogen) atoms. The zero-order valence-electron chi connectivity index (χ0n) is 21.4. The van der Waals surface area contributed by atoms with Crippen molar-refractivity contribution in [2.45, 2.75) is 66.1 Å². The molecular weight excluding hydrogens is 508 g/mol. The zero-order valence-corrected chi connectivity index (χ0v) is 23.1. The zero-order chi connectivity index (χ0) is 26.7. The van der Waals surface area contributed by atoms with Gasteiger partial charge in [0.05, 0.1) is 4.91 Å². The van der Waals surface area contributed by atoms with E-state index in [2.05, 4.69) is 11.4 Å². The monoisotopic (exact) mass is 538 g/mol. The number of nitriles is 1. The number of hydrogen-bond donors (Lipinski definition) is 1. The van der Waals surface area contributed by atoms with Gasteiger partial charge in [-0.1, -0.05) is 50.3 Å². The minimum Gasteiger partial charge on any atom is -0.454 e. The summed E-state index contributed by atoms with van der Waals surface area (Å²) in [5.74, 6) is 1.78. The Morgan fingerprint density at radius 2 is 2.03 bits per heavy atom. The summed E-state index contributed by atoms with van der Waals surface area (Å²) in [4.78, 5) is 28.7. The number of nitrogens with zero attached hydrogens (tertiary/aromatic N) is 3. The largest absolute Gasteiger partial charge is 0.454 e. The number of thiocarbonyl (C=S) groups is 1. The highest BCUT2D eigenvalue weighted by molar-refractivity contribution is 8.26. The molecule has 1 aromatic carbocycles. The van der Waals surface area contributed by atoms with Crippen LogP contribution in [0.1, 0.15) is 62.3 Å². The van der Waals surface area contributed by atoms with Crippen molar-refractivity contribution in [3.8, 4) is 17.6 Å². The first-order valence-electron chi connectivity index (χ1n) is 12.4. The molecule has 1 amide bonds. The SMILES string of the molecule is CCCCn1c(NCc2ccc3c(c2)OCO3)c(/C=C2/SC(=S)N(C(C)CC)C2=O)c(C)c(C#N)c1=O. The molecule has 194 valence electrons. The Kier molecular flexibility index (Phi) is 8.25. The lowest BCUT2D eigenvalue weighted by Crippen LogP contribution is -2.36. The fourth-order valence-electron chi connectivity index (χ4n) is 4.29. The number of unbranched alkanes of at least 4 members (excludes halogenated alkanes) is 1. The topological polar surface area (TPSA) is 96.6 Å². The first-order chi connectivity index (χ1) is 17.8. The molecule has 0 spiro atoms. The van der Waals surface area contributed by atoms with Gasteiger partial charge in [-0.15, -0.1) is 0 Å². The van der Waals surface area contributed by atoms with Gasteiger partial charge in [0.1, 0.15) is 21.8 Å².